The van der Waals surface area contributed by atoms with Crippen molar-refractivity contribution in [1.29, 1.82) is 0 Å². The van der Waals surface area contributed by atoms with Gasteiger partial charge in [0.1, 0.15) is 5.82 Å². The molecule has 0 spiro atoms. The Balaban J connectivity index is 1.76. The van der Waals surface area contributed by atoms with E-state index in [1.807, 2.05) is 23.1 Å². The highest BCUT2D eigenvalue weighted by atomic mass is 16.2. The van der Waals surface area contributed by atoms with Crippen LogP contribution in [-0.2, 0) is 0 Å². The van der Waals surface area contributed by atoms with Crippen molar-refractivity contribution in [2.75, 3.05) is 19.6 Å². The molecule has 0 aromatic carbocycles. The summed E-state index contributed by atoms with van der Waals surface area (Å²) in [5.74, 6) is 1.19. The van der Waals surface area contributed by atoms with Crippen LogP contribution in [0, 0.1) is 5.92 Å². The van der Waals surface area contributed by atoms with E-state index in [1.165, 1.54) is 0 Å². The third-order valence-electron chi connectivity index (χ3n) is 4.61. The Bertz CT molecular complexity index is 829. The molecule has 2 aromatic heterocycles. The number of likely N-dealkylation sites (tertiary alicyclic amines) is 1. The molecule has 1 fully saturated rings. The molecule has 1 aliphatic rings. The number of nitrogens with zero attached hydrogens (tertiary/aromatic N) is 4. The van der Waals surface area contributed by atoms with Crippen LogP contribution in [0.5, 0.6) is 0 Å². The van der Waals surface area contributed by atoms with Crippen molar-refractivity contribution in [2.45, 2.75) is 46.1 Å². The van der Waals surface area contributed by atoms with Crippen LogP contribution in [-0.4, -0.2) is 57.1 Å². The van der Waals surface area contributed by atoms with Gasteiger partial charge in [0.25, 0.3) is 5.91 Å². The summed E-state index contributed by atoms with van der Waals surface area (Å²) in [4.78, 5) is 26.4. The average Bonchev–Trinajstić information content (AvgIpc) is 3.25. The number of hydrogen-bond donors (Lipinski definition) is 2. The highest BCUT2D eigenvalue weighted by Crippen LogP contribution is 2.26. The van der Waals surface area contributed by atoms with Gasteiger partial charge in [-0.05, 0) is 38.3 Å². The number of carbonyl (C=O) groups is 2. The molecule has 0 bridgehead atoms. The van der Waals surface area contributed by atoms with E-state index in [-0.39, 0.29) is 23.9 Å². The molecular formula is C19H28N6O2. The second kappa shape index (κ2) is 7.94. The van der Waals surface area contributed by atoms with Crippen LogP contribution in [0.3, 0.4) is 0 Å². The van der Waals surface area contributed by atoms with E-state index in [9.17, 15) is 9.59 Å². The summed E-state index contributed by atoms with van der Waals surface area (Å²) < 4.78 is 1.87. The summed E-state index contributed by atoms with van der Waals surface area (Å²) >= 11 is 0. The van der Waals surface area contributed by atoms with Crippen molar-refractivity contribution in [3.8, 4) is 0 Å². The zero-order valence-electron chi connectivity index (χ0n) is 16.4. The molecule has 8 nitrogen and oxygen atoms in total. The van der Waals surface area contributed by atoms with Gasteiger partial charge in [0.2, 0.25) is 0 Å². The molecule has 0 aliphatic carbocycles. The van der Waals surface area contributed by atoms with Crippen molar-refractivity contribution in [3.63, 3.8) is 0 Å². The number of aromatic nitrogens is 3. The van der Waals surface area contributed by atoms with Crippen LogP contribution < -0.4 is 10.6 Å². The molecule has 1 saturated heterocycles. The number of amides is 3. The molecule has 1 atom stereocenters. The predicted octanol–water partition coefficient (Wildman–Crippen LogP) is 2.02. The Morgan fingerprint density at radius 2 is 2.00 bits per heavy atom. The van der Waals surface area contributed by atoms with Crippen molar-refractivity contribution in [1.82, 2.24) is 30.1 Å². The van der Waals surface area contributed by atoms with Gasteiger partial charge in [0, 0.05) is 37.8 Å². The lowest BCUT2D eigenvalue weighted by Gasteiger charge is -2.18. The van der Waals surface area contributed by atoms with Crippen LogP contribution in [0.2, 0.25) is 0 Å². The van der Waals surface area contributed by atoms with Crippen molar-refractivity contribution < 1.29 is 9.59 Å². The highest BCUT2D eigenvalue weighted by molar-refractivity contribution is 5.94. The van der Waals surface area contributed by atoms with E-state index in [1.54, 1.807) is 18.3 Å². The van der Waals surface area contributed by atoms with E-state index < -0.39 is 0 Å². The largest absolute Gasteiger partial charge is 0.352 e. The van der Waals surface area contributed by atoms with Crippen LogP contribution in [0.25, 0.3) is 5.65 Å². The lowest BCUT2D eigenvalue weighted by atomic mass is 10.1. The monoisotopic (exact) mass is 372 g/mol. The fourth-order valence-electron chi connectivity index (χ4n) is 3.21. The molecule has 0 saturated carbocycles. The minimum atomic E-state index is -0.102. The lowest BCUT2D eigenvalue weighted by molar-refractivity contribution is 0.0948. The second-order valence-electron chi connectivity index (χ2n) is 7.84. The minimum Gasteiger partial charge on any atom is -0.352 e. The van der Waals surface area contributed by atoms with Gasteiger partial charge in [0.15, 0.2) is 5.65 Å². The summed E-state index contributed by atoms with van der Waals surface area (Å²) in [6, 6.07) is 3.63. The first-order valence-corrected chi connectivity index (χ1v) is 9.53. The molecular weight excluding hydrogens is 344 g/mol. The van der Waals surface area contributed by atoms with E-state index in [2.05, 4.69) is 34.7 Å². The quantitative estimate of drug-likeness (QED) is 0.840. The van der Waals surface area contributed by atoms with Crippen LogP contribution in [0.15, 0.2) is 18.3 Å². The van der Waals surface area contributed by atoms with E-state index in [0.717, 1.165) is 12.2 Å². The smallest absolute Gasteiger partial charge is 0.317 e. The highest BCUT2D eigenvalue weighted by Gasteiger charge is 2.30. The number of rotatable bonds is 5. The molecule has 2 aromatic rings. The summed E-state index contributed by atoms with van der Waals surface area (Å²) in [5.41, 5.74) is 1.28. The molecule has 146 valence electrons. The molecule has 0 radical (unpaired) electrons. The molecule has 1 unspecified atom stereocenters. The Kier molecular flexibility index (Phi) is 5.62. The second-order valence-corrected chi connectivity index (χ2v) is 7.84. The van der Waals surface area contributed by atoms with Gasteiger partial charge >= 0.3 is 6.03 Å². The van der Waals surface area contributed by atoms with E-state index in [0.29, 0.717) is 36.8 Å². The molecule has 8 heteroatoms. The minimum absolute atomic E-state index is 0.0462. The van der Waals surface area contributed by atoms with Crippen molar-refractivity contribution in [3.05, 3.63) is 29.7 Å². The third kappa shape index (κ3) is 4.37. The molecule has 3 amide bonds. The zero-order valence-corrected chi connectivity index (χ0v) is 16.4. The fourth-order valence-corrected chi connectivity index (χ4v) is 3.21. The third-order valence-corrected chi connectivity index (χ3v) is 4.61. The summed E-state index contributed by atoms with van der Waals surface area (Å²) in [5, 5.41) is 14.4. The Morgan fingerprint density at radius 1 is 1.22 bits per heavy atom. The molecule has 3 rings (SSSR count). The topological polar surface area (TPSA) is 91.6 Å². The fraction of sp³-hybridized carbons (Fsp3) is 0.579. The first kappa shape index (κ1) is 19.1. The summed E-state index contributed by atoms with van der Waals surface area (Å²) in [6.45, 7) is 9.93. The Hall–Kier alpha value is -2.64. The number of hydrogen-bond acceptors (Lipinski definition) is 4. The maximum atomic E-state index is 12.4. The molecule has 1 aliphatic heterocycles. The summed E-state index contributed by atoms with van der Waals surface area (Å²) in [6.07, 6.45) is 2.62. The molecule has 3 heterocycles. The van der Waals surface area contributed by atoms with Crippen molar-refractivity contribution >= 4 is 17.6 Å². The van der Waals surface area contributed by atoms with Gasteiger partial charge in [-0.1, -0.05) is 13.8 Å². The Labute approximate surface area is 159 Å². The SMILES string of the molecule is CC(C)CNC(=O)c1ccc2nnc(C3CCN(C(=O)NC(C)C)C3)n2c1. The van der Waals surface area contributed by atoms with Gasteiger partial charge < -0.3 is 15.5 Å². The predicted molar refractivity (Wildman–Crippen MR) is 103 cm³/mol. The molecule has 2 N–H and O–H groups in total. The number of fused-ring (bicyclic) bond motifs is 1. The standard InChI is InChI=1S/C19H28N6O2/c1-12(2)9-20-18(26)15-5-6-16-22-23-17(25(16)11-15)14-7-8-24(10-14)19(27)21-13(3)4/h5-6,11-14H,7-10H2,1-4H3,(H,20,26)(H,21,27). The molecule has 27 heavy (non-hydrogen) atoms. The van der Waals surface area contributed by atoms with Gasteiger partial charge in [-0.2, -0.15) is 0 Å². The number of nitrogens with one attached hydrogen (secondary N) is 2. The van der Waals surface area contributed by atoms with Crippen LogP contribution >= 0.6 is 0 Å². The normalized spacial score (nSPS) is 17.1. The van der Waals surface area contributed by atoms with Crippen LogP contribution in [0.4, 0.5) is 4.79 Å². The number of carbonyl (C=O) groups excluding carboxylic acids is 2. The van der Waals surface area contributed by atoms with Gasteiger partial charge in [-0.3, -0.25) is 9.20 Å². The lowest BCUT2D eigenvalue weighted by Crippen LogP contribution is -2.41. The van der Waals surface area contributed by atoms with Gasteiger partial charge in [-0.25, -0.2) is 4.79 Å². The first-order valence-electron chi connectivity index (χ1n) is 9.53. The van der Waals surface area contributed by atoms with Gasteiger partial charge in [-0.15, -0.1) is 10.2 Å². The zero-order chi connectivity index (χ0) is 19.6. The maximum Gasteiger partial charge on any atom is 0.317 e. The van der Waals surface area contributed by atoms with Crippen LogP contribution in [0.1, 0.15) is 56.2 Å². The Morgan fingerprint density at radius 3 is 2.70 bits per heavy atom. The van der Waals surface area contributed by atoms with Crippen molar-refractivity contribution in [2.24, 2.45) is 5.92 Å². The average molecular weight is 372 g/mol. The summed E-state index contributed by atoms with van der Waals surface area (Å²) in [7, 11) is 0. The maximum absolute atomic E-state index is 12.4. The van der Waals surface area contributed by atoms with E-state index in [4.69, 9.17) is 0 Å². The first-order chi connectivity index (χ1) is 12.8. The van der Waals surface area contributed by atoms with Gasteiger partial charge in [0.05, 0.1) is 5.56 Å². The number of pyridine rings is 1. The van der Waals surface area contributed by atoms with E-state index >= 15 is 0 Å². The number of urea groups is 1.